The van der Waals surface area contributed by atoms with Gasteiger partial charge in [-0.05, 0) is 31.2 Å². The van der Waals surface area contributed by atoms with Gasteiger partial charge in [-0.25, -0.2) is 0 Å². The summed E-state index contributed by atoms with van der Waals surface area (Å²) in [4.78, 5) is 14.4. The SMILES string of the molecule is CC(C(=O)N(C)C(C)C1CC1)C(N)c1ccccc1. The number of hydrogen-bond donors (Lipinski definition) is 1. The van der Waals surface area contributed by atoms with Crippen molar-refractivity contribution in [2.24, 2.45) is 17.6 Å². The Morgan fingerprint density at radius 1 is 1.26 bits per heavy atom. The van der Waals surface area contributed by atoms with Gasteiger partial charge >= 0.3 is 0 Å². The summed E-state index contributed by atoms with van der Waals surface area (Å²) in [7, 11) is 1.90. The van der Waals surface area contributed by atoms with Crippen molar-refractivity contribution in [3.05, 3.63) is 35.9 Å². The molecule has 1 aliphatic rings. The standard InChI is InChI=1S/C16H24N2O/c1-11(15(17)14-7-5-4-6-8-14)16(19)18(3)12(2)13-9-10-13/h4-8,11-13,15H,9-10,17H2,1-3H3. The van der Waals surface area contributed by atoms with Crippen LogP contribution >= 0.6 is 0 Å². The van der Waals surface area contributed by atoms with E-state index in [1.54, 1.807) is 0 Å². The van der Waals surface area contributed by atoms with Crippen LogP contribution in [0.3, 0.4) is 0 Å². The summed E-state index contributed by atoms with van der Waals surface area (Å²) in [5.41, 5.74) is 7.25. The first-order chi connectivity index (χ1) is 9.02. The number of amides is 1. The highest BCUT2D eigenvalue weighted by Gasteiger charge is 2.35. The Bertz CT molecular complexity index is 428. The van der Waals surface area contributed by atoms with E-state index in [0.29, 0.717) is 12.0 Å². The minimum absolute atomic E-state index is 0.149. The molecule has 0 aliphatic heterocycles. The van der Waals surface area contributed by atoms with Gasteiger partial charge in [0.05, 0.1) is 5.92 Å². The van der Waals surface area contributed by atoms with Crippen molar-refractivity contribution in [3.63, 3.8) is 0 Å². The van der Waals surface area contributed by atoms with E-state index in [-0.39, 0.29) is 17.9 Å². The van der Waals surface area contributed by atoms with Gasteiger partial charge in [0.15, 0.2) is 0 Å². The van der Waals surface area contributed by atoms with Crippen molar-refractivity contribution in [1.82, 2.24) is 4.90 Å². The molecule has 19 heavy (non-hydrogen) atoms. The molecule has 0 aromatic heterocycles. The number of rotatable bonds is 5. The molecule has 0 bridgehead atoms. The Labute approximate surface area is 115 Å². The van der Waals surface area contributed by atoms with Crippen LogP contribution in [0.4, 0.5) is 0 Å². The zero-order valence-corrected chi connectivity index (χ0v) is 12.0. The molecule has 3 atom stereocenters. The Kier molecular flexibility index (Phi) is 4.25. The van der Waals surface area contributed by atoms with Gasteiger partial charge < -0.3 is 10.6 Å². The fourth-order valence-corrected chi connectivity index (χ4v) is 2.53. The molecular formula is C16H24N2O. The van der Waals surface area contributed by atoms with E-state index >= 15 is 0 Å². The Balaban J connectivity index is 2.01. The normalized spacial score (nSPS) is 19.6. The minimum Gasteiger partial charge on any atom is -0.342 e. The average Bonchev–Trinajstić information content (AvgIpc) is 3.28. The molecule has 0 saturated heterocycles. The van der Waals surface area contributed by atoms with Crippen molar-refractivity contribution in [2.75, 3.05) is 7.05 Å². The molecule has 0 heterocycles. The number of carbonyl (C=O) groups is 1. The van der Waals surface area contributed by atoms with Crippen LogP contribution in [0, 0.1) is 11.8 Å². The van der Waals surface area contributed by atoms with Crippen molar-refractivity contribution in [2.45, 2.75) is 38.8 Å². The van der Waals surface area contributed by atoms with Gasteiger partial charge in [-0.3, -0.25) is 4.79 Å². The molecule has 1 fully saturated rings. The quantitative estimate of drug-likeness (QED) is 0.884. The van der Waals surface area contributed by atoms with E-state index < -0.39 is 0 Å². The molecule has 3 nitrogen and oxygen atoms in total. The topological polar surface area (TPSA) is 46.3 Å². The molecule has 1 saturated carbocycles. The van der Waals surface area contributed by atoms with Crippen LogP contribution in [-0.4, -0.2) is 23.9 Å². The lowest BCUT2D eigenvalue weighted by molar-refractivity contribution is -0.136. The lowest BCUT2D eigenvalue weighted by Gasteiger charge is -2.30. The molecule has 1 amide bonds. The van der Waals surface area contributed by atoms with Crippen LogP contribution < -0.4 is 5.73 Å². The Morgan fingerprint density at radius 2 is 1.84 bits per heavy atom. The summed E-state index contributed by atoms with van der Waals surface area (Å²) in [5.74, 6) is 0.651. The predicted octanol–water partition coefficient (Wildman–Crippen LogP) is 2.58. The van der Waals surface area contributed by atoms with Crippen LogP contribution in [0.1, 0.15) is 38.3 Å². The molecular weight excluding hydrogens is 236 g/mol. The summed E-state index contributed by atoms with van der Waals surface area (Å²) in [6.07, 6.45) is 2.50. The van der Waals surface area contributed by atoms with Gasteiger partial charge in [0.25, 0.3) is 0 Å². The third kappa shape index (κ3) is 3.16. The van der Waals surface area contributed by atoms with Crippen molar-refractivity contribution in [1.29, 1.82) is 0 Å². The lowest BCUT2D eigenvalue weighted by atomic mass is 9.93. The lowest BCUT2D eigenvalue weighted by Crippen LogP contribution is -2.42. The molecule has 2 N–H and O–H groups in total. The molecule has 0 spiro atoms. The van der Waals surface area contributed by atoms with Crippen molar-refractivity contribution >= 4 is 5.91 Å². The van der Waals surface area contributed by atoms with Crippen molar-refractivity contribution < 1.29 is 4.79 Å². The van der Waals surface area contributed by atoms with Crippen LogP contribution in [-0.2, 0) is 4.79 Å². The molecule has 0 radical (unpaired) electrons. The molecule has 3 unspecified atom stereocenters. The van der Waals surface area contributed by atoms with E-state index in [4.69, 9.17) is 5.73 Å². The first-order valence-corrected chi connectivity index (χ1v) is 7.09. The van der Waals surface area contributed by atoms with Gasteiger partial charge in [0.2, 0.25) is 5.91 Å². The van der Waals surface area contributed by atoms with E-state index in [9.17, 15) is 4.79 Å². The summed E-state index contributed by atoms with van der Waals surface area (Å²) in [5, 5.41) is 0. The van der Waals surface area contributed by atoms with Crippen LogP contribution in [0.5, 0.6) is 0 Å². The number of nitrogens with two attached hydrogens (primary N) is 1. The highest BCUT2D eigenvalue weighted by Crippen LogP contribution is 2.35. The zero-order valence-electron chi connectivity index (χ0n) is 12.0. The highest BCUT2D eigenvalue weighted by atomic mass is 16.2. The van der Waals surface area contributed by atoms with Crippen molar-refractivity contribution in [3.8, 4) is 0 Å². The maximum Gasteiger partial charge on any atom is 0.227 e. The number of carbonyl (C=O) groups excluding carboxylic acids is 1. The summed E-state index contributed by atoms with van der Waals surface area (Å²) >= 11 is 0. The third-order valence-electron chi connectivity index (χ3n) is 4.38. The second-order valence-corrected chi connectivity index (χ2v) is 5.75. The minimum atomic E-state index is -0.234. The fraction of sp³-hybridized carbons (Fsp3) is 0.562. The molecule has 104 valence electrons. The van der Waals surface area contributed by atoms with E-state index in [2.05, 4.69) is 6.92 Å². The zero-order chi connectivity index (χ0) is 14.0. The van der Waals surface area contributed by atoms with Crippen LogP contribution in [0.2, 0.25) is 0 Å². The van der Waals surface area contributed by atoms with Gasteiger partial charge in [-0.15, -0.1) is 0 Å². The molecule has 1 aromatic rings. The van der Waals surface area contributed by atoms with Gasteiger partial charge in [0, 0.05) is 19.1 Å². The average molecular weight is 260 g/mol. The predicted molar refractivity (Wildman–Crippen MR) is 77.5 cm³/mol. The number of nitrogens with zero attached hydrogens (tertiary/aromatic N) is 1. The van der Waals surface area contributed by atoms with Gasteiger partial charge in [-0.1, -0.05) is 37.3 Å². The van der Waals surface area contributed by atoms with Crippen LogP contribution in [0.25, 0.3) is 0 Å². The summed E-state index contributed by atoms with van der Waals surface area (Å²) in [6, 6.07) is 9.95. The second-order valence-electron chi connectivity index (χ2n) is 5.75. The molecule has 3 heteroatoms. The summed E-state index contributed by atoms with van der Waals surface area (Å²) in [6.45, 7) is 4.06. The molecule has 2 rings (SSSR count). The number of hydrogen-bond acceptors (Lipinski definition) is 2. The highest BCUT2D eigenvalue weighted by molar-refractivity contribution is 5.79. The molecule has 1 aromatic carbocycles. The largest absolute Gasteiger partial charge is 0.342 e. The third-order valence-corrected chi connectivity index (χ3v) is 4.38. The second kappa shape index (κ2) is 5.74. The summed E-state index contributed by atoms with van der Waals surface area (Å²) < 4.78 is 0. The first-order valence-electron chi connectivity index (χ1n) is 7.09. The van der Waals surface area contributed by atoms with E-state index in [1.807, 2.05) is 49.2 Å². The number of benzene rings is 1. The first kappa shape index (κ1) is 14.1. The maximum atomic E-state index is 12.5. The molecule has 1 aliphatic carbocycles. The maximum absolute atomic E-state index is 12.5. The van der Waals surface area contributed by atoms with E-state index in [1.165, 1.54) is 12.8 Å². The Hall–Kier alpha value is -1.35. The monoisotopic (exact) mass is 260 g/mol. The van der Waals surface area contributed by atoms with Gasteiger partial charge in [0.1, 0.15) is 0 Å². The fourth-order valence-electron chi connectivity index (χ4n) is 2.53. The van der Waals surface area contributed by atoms with Gasteiger partial charge in [-0.2, -0.15) is 0 Å². The van der Waals surface area contributed by atoms with E-state index in [0.717, 1.165) is 5.56 Å². The Morgan fingerprint density at radius 3 is 2.37 bits per heavy atom. The smallest absolute Gasteiger partial charge is 0.227 e. The van der Waals surface area contributed by atoms with Crippen LogP contribution in [0.15, 0.2) is 30.3 Å².